The van der Waals surface area contributed by atoms with E-state index in [0.29, 0.717) is 11.2 Å². The molecular weight excluding hydrogens is 302 g/mol. The second kappa shape index (κ2) is 6.05. The van der Waals surface area contributed by atoms with Gasteiger partial charge in [0.2, 0.25) is 0 Å². The minimum atomic E-state index is 0.0647. The van der Waals surface area contributed by atoms with Gasteiger partial charge in [-0.05, 0) is 19.2 Å². The number of rotatable bonds is 2. The number of piperazine rings is 1. The first kappa shape index (κ1) is 14.8. The lowest BCUT2D eigenvalue weighted by molar-refractivity contribution is 0.0664. The molecule has 0 unspecified atom stereocenters. The minimum Gasteiger partial charge on any atom is -0.336 e. The molecule has 0 aliphatic carbocycles. The maximum atomic E-state index is 12.7. The molecule has 3 heterocycles. The van der Waals surface area contributed by atoms with Gasteiger partial charge in [-0.15, -0.1) is 10.2 Å². The lowest BCUT2D eigenvalue weighted by Gasteiger charge is -2.32. The van der Waals surface area contributed by atoms with Crippen LogP contribution in [0.4, 0.5) is 0 Å². The number of carbonyl (C=O) groups excluding carboxylic acids is 1. The second-order valence-electron chi connectivity index (χ2n) is 6.13. The maximum absolute atomic E-state index is 12.7. The second-order valence-corrected chi connectivity index (χ2v) is 6.13. The number of hydrogen-bond acceptors (Lipinski definition) is 4. The van der Waals surface area contributed by atoms with E-state index in [1.807, 2.05) is 58.0 Å². The monoisotopic (exact) mass is 321 g/mol. The van der Waals surface area contributed by atoms with Crippen molar-refractivity contribution in [2.45, 2.75) is 0 Å². The van der Waals surface area contributed by atoms with Gasteiger partial charge in [0.1, 0.15) is 0 Å². The average Bonchev–Trinajstić information content (AvgIpc) is 3.05. The van der Waals surface area contributed by atoms with Gasteiger partial charge >= 0.3 is 0 Å². The summed E-state index contributed by atoms with van der Waals surface area (Å²) >= 11 is 0. The SMILES string of the molecule is CN1CCN(C(=O)c2ccn3c(-c4ccccc4)nnc3c2)CC1. The van der Waals surface area contributed by atoms with Crippen molar-refractivity contribution in [2.24, 2.45) is 0 Å². The molecular formula is C18H19N5O. The van der Waals surface area contributed by atoms with Crippen LogP contribution in [-0.2, 0) is 0 Å². The van der Waals surface area contributed by atoms with Gasteiger partial charge in [0.05, 0.1) is 0 Å². The van der Waals surface area contributed by atoms with E-state index < -0.39 is 0 Å². The molecule has 1 aliphatic rings. The first-order valence-corrected chi connectivity index (χ1v) is 8.10. The molecule has 0 radical (unpaired) electrons. The first-order chi connectivity index (χ1) is 11.7. The Kier molecular flexibility index (Phi) is 3.74. The molecule has 24 heavy (non-hydrogen) atoms. The molecule has 0 bridgehead atoms. The Morgan fingerprint density at radius 1 is 1.00 bits per heavy atom. The highest BCUT2D eigenvalue weighted by atomic mass is 16.2. The Morgan fingerprint density at radius 3 is 2.50 bits per heavy atom. The fraction of sp³-hybridized carbons (Fsp3) is 0.278. The number of likely N-dealkylation sites (N-methyl/N-ethyl adjacent to an activating group) is 1. The zero-order valence-corrected chi connectivity index (χ0v) is 13.6. The van der Waals surface area contributed by atoms with Gasteiger partial charge in [-0.2, -0.15) is 0 Å². The smallest absolute Gasteiger partial charge is 0.254 e. The number of pyridine rings is 1. The predicted molar refractivity (Wildman–Crippen MR) is 91.8 cm³/mol. The highest BCUT2D eigenvalue weighted by molar-refractivity contribution is 5.95. The maximum Gasteiger partial charge on any atom is 0.254 e. The molecule has 1 aromatic carbocycles. The summed E-state index contributed by atoms with van der Waals surface area (Å²) in [4.78, 5) is 16.8. The van der Waals surface area contributed by atoms with Crippen LogP contribution < -0.4 is 0 Å². The number of fused-ring (bicyclic) bond motifs is 1. The molecule has 0 spiro atoms. The van der Waals surface area contributed by atoms with Crippen molar-refractivity contribution in [3.63, 3.8) is 0 Å². The fourth-order valence-corrected chi connectivity index (χ4v) is 3.00. The van der Waals surface area contributed by atoms with Crippen LogP contribution in [0.25, 0.3) is 17.0 Å². The van der Waals surface area contributed by atoms with Crippen LogP contribution in [0.1, 0.15) is 10.4 Å². The van der Waals surface area contributed by atoms with Gasteiger partial charge in [-0.1, -0.05) is 30.3 Å². The lowest BCUT2D eigenvalue weighted by atomic mass is 10.2. The van der Waals surface area contributed by atoms with E-state index in [1.165, 1.54) is 0 Å². The molecule has 6 heteroatoms. The summed E-state index contributed by atoms with van der Waals surface area (Å²) in [5.41, 5.74) is 2.36. The van der Waals surface area contributed by atoms with Crippen molar-refractivity contribution in [1.29, 1.82) is 0 Å². The molecule has 0 N–H and O–H groups in total. The molecule has 1 saturated heterocycles. The van der Waals surface area contributed by atoms with E-state index in [2.05, 4.69) is 22.1 Å². The van der Waals surface area contributed by atoms with E-state index in [9.17, 15) is 4.79 Å². The van der Waals surface area contributed by atoms with E-state index in [1.54, 1.807) is 0 Å². The predicted octanol–water partition coefficient (Wildman–Crippen LogP) is 1.78. The summed E-state index contributed by atoms with van der Waals surface area (Å²) in [6, 6.07) is 13.6. The first-order valence-electron chi connectivity index (χ1n) is 8.10. The number of hydrogen-bond donors (Lipinski definition) is 0. The Hall–Kier alpha value is -2.73. The third-order valence-electron chi connectivity index (χ3n) is 4.48. The Morgan fingerprint density at radius 2 is 1.75 bits per heavy atom. The van der Waals surface area contributed by atoms with Gasteiger partial charge in [-0.25, -0.2) is 0 Å². The van der Waals surface area contributed by atoms with Crippen molar-refractivity contribution < 1.29 is 4.79 Å². The van der Waals surface area contributed by atoms with Crippen LogP contribution in [-0.4, -0.2) is 63.5 Å². The molecule has 1 amide bonds. The van der Waals surface area contributed by atoms with E-state index >= 15 is 0 Å². The summed E-state index contributed by atoms with van der Waals surface area (Å²) < 4.78 is 1.91. The largest absolute Gasteiger partial charge is 0.336 e. The van der Waals surface area contributed by atoms with Crippen LogP contribution in [0.2, 0.25) is 0 Å². The van der Waals surface area contributed by atoms with E-state index in [4.69, 9.17) is 0 Å². The number of nitrogens with zero attached hydrogens (tertiary/aromatic N) is 5. The summed E-state index contributed by atoms with van der Waals surface area (Å²) in [7, 11) is 2.08. The Labute approximate surface area is 140 Å². The zero-order chi connectivity index (χ0) is 16.5. The molecule has 2 aromatic heterocycles. The molecule has 4 rings (SSSR count). The number of carbonyl (C=O) groups is 1. The summed E-state index contributed by atoms with van der Waals surface area (Å²) in [6.45, 7) is 3.36. The van der Waals surface area contributed by atoms with Crippen LogP contribution in [0, 0.1) is 0 Å². The highest BCUT2D eigenvalue weighted by Gasteiger charge is 2.21. The average molecular weight is 321 g/mol. The van der Waals surface area contributed by atoms with Gasteiger partial charge < -0.3 is 9.80 Å². The lowest BCUT2D eigenvalue weighted by Crippen LogP contribution is -2.47. The molecule has 0 saturated carbocycles. The molecule has 6 nitrogen and oxygen atoms in total. The molecule has 0 atom stereocenters. The molecule has 122 valence electrons. The molecule has 1 fully saturated rings. The topological polar surface area (TPSA) is 53.7 Å². The van der Waals surface area contributed by atoms with E-state index in [0.717, 1.165) is 37.6 Å². The highest BCUT2D eigenvalue weighted by Crippen LogP contribution is 2.19. The van der Waals surface area contributed by atoms with Gasteiger partial charge in [0, 0.05) is 43.5 Å². The number of aromatic nitrogens is 3. The number of benzene rings is 1. The number of amides is 1. The van der Waals surface area contributed by atoms with Crippen molar-refractivity contribution in [3.05, 3.63) is 54.2 Å². The normalized spacial score (nSPS) is 15.8. The fourth-order valence-electron chi connectivity index (χ4n) is 3.00. The van der Waals surface area contributed by atoms with E-state index in [-0.39, 0.29) is 5.91 Å². The quantitative estimate of drug-likeness (QED) is 0.722. The summed E-state index contributed by atoms with van der Waals surface area (Å²) in [6.07, 6.45) is 1.88. The van der Waals surface area contributed by atoms with Crippen LogP contribution in [0.3, 0.4) is 0 Å². The summed E-state index contributed by atoms with van der Waals surface area (Å²) in [5.74, 6) is 0.846. The van der Waals surface area contributed by atoms with Gasteiger partial charge in [-0.3, -0.25) is 9.20 Å². The summed E-state index contributed by atoms with van der Waals surface area (Å²) in [5, 5.41) is 8.50. The van der Waals surface area contributed by atoms with Crippen LogP contribution >= 0.6 is 0 Å². The Balaban J connectivity index is 1.64. The van der Waals surface area contributed by atoms with Gasteiger partial charge in [0.15, 0.2) is 11.5 Å². The Bertz CT molecular complexity index is 866. The molecule has 3 aromatic rings. The third kappa shape index (κ3) is 2.65. The molecule has 1 aliphatic heterocycles. The van der Waals surface area contributed by atoms with Crippen molar-refractivity contribution in [2.75, 3.05) is 33.2 Å². The zero-order valence-electron chi connectivity index (χ0n) is 13.6. The van der Waals surface area contributed by atoms with Crippen molar-refractivity contribution in [3.8, 4) is 11.4 Å². The third-order valence-corrected chi connectivity index (χ3v) is 4.48. The van der Waals surface area contributed by atoms with Crippen LogP contribution in [0.15, 0.2) is 48.7 Å². The minimum absolute atomic E-state index is 0.0647. The van der Waals surface area contributed by atoms with Crippen molar-refractivity contribution >= 4 is 11.6 Å². The van der Waals surface area contributed by atoms with Crippen LogP contribution in [0.5, 0.6) is 0 Å². The standard InChI is InChI=1S/C18H19N5O/c1-21-9-11-22(12-10-21)18(24)15-7-8-23-16(13-15)19-20-17(23)14-5-3-2-4-6-14/h2-8,13H,9-12H2,1H3. The van der Waals surface area contributed by atoms with Crippen molar-refractivity contribution in [1.82, 2.24) is 24.4 Å². The van der Waals surface area contributed by atoms with Gasteiger partial charge in [0.25, 0.3) is 5.91 Å².